The van der Waals surface area contributed by atoms with Crippen molar-refractivity contribution < 1.29 is 14.3 Å². The molecule has 4 rings (SSSR count). The quantitative estimate of drug-likeness (QED) is 0.920. The first kappa shape index (κ1) is 15.9. The Labute approximate surface area is 146 Å². The van der Waals surface area contributed by atoms with Crippen LogP contribution >= 0.6 is 0 Å². The predicted octanol–water partition coefficient (Wildman–Crippen LogP) is 1.78. The van der Waals surface area contributed by atoms with Crippen molar-refractivity contribution in [3.63, 3.8) is 0 Å². The molecular weight excluding hydrogens is 318 g/mol. The van der Waals surface area contributed by atoms with Gasteiger partial charge in [-0.25, -0.2) is 4.98 Å². The number of fused-ring (bicyclic) bond motifs is 1. The lowest BCUT2D eigenvalue weighted by molar-refractivity contribution is 0.0951. The molecule has 1 amide bonds. The third kappa shape index (κ3) is 3.58. The van der Waals surface area contributed by atoms with E-state index in [-0.39, 0.29) is 5.91 Å². The van der Waals surface area contributed by atoms with Gasteiger partial charge in [-0.05, 0) is 41.5 Å². The van der Waals surface area contributed by atoms with Crippen molar-refractivity contribution in [3.05, 3.63) is 53.2 Å². The molecule has 0 radical (unpaired) electrons. The molecule has 0 spiro atoms. The van der Waals surface area contributed by atoms with E-state index in [9.17, 15) is 4.79 Å². The van der Waals surface area contributed by atoms with Gasteiger partial charge in [0, 0.05) is 37.8 Å². The maximum absolute atomic E-state index is 12.4. The minimum absolute atomic E-state index is 0.0700. The number of benzene rings is 1. The van der Waals surface area contributed by atoms with E-state index in [1.54, 1.807) is 6.20 Å². The van der Waals surface area contributed by atoms with Gasteiger partial charge < -0.3 is 19.7 Å². The van der Waals surface area contributed by atoms with E-state index in [1.165, 1.54) is 0 Å². The highest BCUT2D eigenvalue weighted by Crippen LogP contribution is 2.25. The molecule has 0 bridgehead atoms. The molecule has 0 unspecified atom stereocenters. The smallest absolute Gasteiger partial charge is 0.251 e. The highest BCUT2D eigenvalue weighted by atomic mass is 16.5. The number of carbonyl (C=O) groups excluding carboxylic acids is 1. The Morgan fingerprint density at radius 1 is 1.16 bits per heavy atom. The molecule has 6 heteroatoms. The normalized spacial score (nSPS) is 16.2. The summed E-state index contributed by atoms with van der Waals surface area (Å²) < 4.78 is 10.9. The van der Waals surface area contributed by atoms with Crippen LogP contribution in [0.15, 0.2) is 36.5 Å². The van der Waals surface area contributed by atoms with Crippen LogP contribution < -0.4 is 15.0 Å². The van der Waals surface area contributed by atoms with Crippen molar-refractivity contribution in [2.75, 3.05) is 37.8 Å². The number of nitrogens with zero attached hydrogens (tertiary/aromatic N) is 2. The molecule has 1 aromatic carbocycles. The molecule has 2 aromatic rings. The number of ether oxygens (including phenoxy) is 2. The number of hydrogen-bond donors (Lipinski definition) is 1. The first-order chi connectivity index (χ1) is 12.3. The Kier molecular flexibility index (Phi) is 4.52. The highest BCUT2D eigenvalue weighted by Gasteiger charge is 2.15. The van der Waals surface area contributed by atoms with Crippen molar-refractivity contribution in [1.82, 2.24) is 10.3 Å². The Hall–Kier alpha value is -2.60. The minimum atomic E-state index is -0.0700. The molecule has 0 atom stereocenters. The van der Waals surface area contributed by atoms with E-state index in [2.05, 4.69) is 15.2 Å². The molecule has 0 saturated carbocycles. The number of pyridine rings is 1. The molecule has 6 nitrogen and oxygen atoms in total. The lowest BCUT2D eigenvalue weighted by Gasteiger charge is -2.28. The van der Waals surface area contributed by atoms with Gasteiger partial charge in [0.25, 0.3) is 5.91 Å². The molecule has 130 valence electrons. The second-order valence-corrected chi connectivity index (χ2v) is 6.23. The van der Waals surface area contributed by atoms with Crippen LogP contribution in [-0.4, -0.2) is 43.8 Å². The van der Waals surface area contributed by atoms with Gasteiger partial charge in [-0.3, -0.25) is 4.79 Å². The fourth-order valence-electron chi connectivity index (χ4n) is 3.15. The third-order valence-electron chi connectivity index (χ3n) is 4.55. The summed E-state index contributed by atoms with van der Waals surface area (Å²) in [5.74, 6) is 1.75. The van der Waals surface area contributed by atoms with E-state index in [1.807, 2.05) is 30.3 Å². The summed E-state index contributed by atoms with van der Waals surface area (Å²) in [7, 11) is 0. The zero-order chi connectivity index (χ0) is 17.1. The van der Waals surface area contributed by atoms with E-state index in [0.717, 1.165) is 55.4 Å². The lowest BCUT2D eigenvalue weighted by Crippen LogP contribution is -2.36. The Morgan fingerprint density at radius 3 is 2.92 bits per heavy atom. The number of carbonyl (C=O) groups is 1. The van der Waals surface area contributed by atoms with Gasteiger partial charge in [0.2, 0.25) is 0 Å². The van der Waals surface area contributed by atoms with E-state index in [0.29, 0.717) is 18.7 Å². The molecule has 3 heterocycles. The zero-order valence-electron chi connectivity index (χ0n) is 14.0. The van der Waals surface area contributed by atoms with E-state index in [4.69, 9.17) is 9.47 Å². The summed E-state index contributed by atoms with van der Waals surface area (Å²) in [6.45, 7) is 4.32. The maximum atomic E-state index is 12.4. The molecule has 1 N–H and O–H groups in total. The topological polar surface area (TPSA) is 63.7 Å². The fraction of sp³-hybridized carbons (Fsp3) is 0.368. The fourth-order valence-corrected chi connectivity index (χ4v) is 3.15. The van der Waals surface area contributed by atoms with Crippen LogP contribution in [0.5, 0.6) is 5.75 Å². The van der Waals surface area contributed by atoms with Gasteiger partial charge in [0.1, 0.15) is 11.6 Å². The van der Waals surface area contributed by atoms with Crippen LogP contribution in [-0.2, 0) is 17.7 Å². The number of morpholine rings is 1. The van der Waals surface area contributed by atoms with Crippen molar-refractivity contribution in [1.29, 1.82) is 0 Å². The van der Waals surface area contributed by atoms with Crippen molar-refractivity contribution in [3.8, 4) is 5.75 Å². The van der Waals surface area contributed by atoms with E-state index >= 15 is 0 Å². The lowest BCUT2D eigenvalue weighted by atomic mass is 10.1. The molecular formula is C19H21N3O3. The Balaban J connectivity index is 1.40. The Bertz CT molecular complexity index is 772. The van der Waals surface area contributed by atoms with Crippen LogP contribution in [0.3, 0.4) is 0 Å². The summed E-state index contributed by atoms with van der Waals surface area (Å²) in [5.41, 5.74) is 2.81. The van der Waals surface area contributed by atoms with Gasteiger partial charge in [-0.1, -0.05) is 0 Å². The van der Waals surface area contributed by atoms with Gasteiger partial charge in [0.05, 0.1) is 19.8 Å². The molecule has 0 aliphatic carbocycles. The molecule has 1 fully saturated rings. The van der Waals surface area contributed by atoms with Gasteiger partial charge >= 0.3 is 0 Å². The van der Waals surface area contributed by atoms with Gasteiger partial charge in [-0.15, -0.1) is 0 Å². The van der Waals surface area contributed by atoms with Crippen LogP contribution in [0.1, 0.15) is 21.5 Å². The number of aromatic nitrogens is 1. The van der Waals surface area contributed by atoms with Crippen LogP contribution in [0.25, 0.3) is 0 Å². The first-order valence-corrected chi connectivity index (χ1v) is 8.61. The molecule has 25 heavy (non-hydrogen) atoms. The largest absolute Gasteiger partial charge is 0.493 e. The highest BCUT2D eigenvalue weighted by molar-refractivity contribution is 5.94. The minimum Gasteiger partial charge on any atom is -0.493 e. The van der Waals surface area contributed by atoms with E-state index < -0.39 is 0 Å². The summed E-state index contributed by atoms with van der Waals surface area (Å²) >= 11 is 0. The van der Waals surface area contributed by atoms with Crippen LogP contribution in [0.2, 0.25) is 0 Å². The van der Waals surface area contributed by atoms with Crippen LogP contribution in [0.4, 0.5) is 5.82 Å². The average Bonchev–Trinajstić information content (AvgIpc) is 3.15. The summed E-state index contributed by atoms with van der Waals surface area (Å²) in [5, 5.41) is 2.99. The SMILES string of the molecule is O=C(NCc1ccnc(N2CCOCC2)c1)c1ccc2c(c1)CCO2. The summed E-state index contributed by atoms with van der Waals surface area (Å²) in [6.07, 6.45) is 2.66. The second kappa shape index (κ2) is 7.11. The summed E-state index contributed by atoms with van der Waals surface area (Å²) in [4.78, 5) is 19.0. The summed E-state index contributed by atoms with van der Waals surface area (Å²) in [6, 6.07) is 9.57. The molecule has 1 saturated heterocycles. The van der Waals surface area contributed by atoms with Crippen molar-refractivity contribution >= 4 is 11.7 Å². The predicted molar refractivity (Wildman–Crippen MR) is 94.1 cm³/mol. The van der Waals surface area contributed by atoms with Gasteiger partial charge in [0.15, 0.2) is 0 Å². The number of anilines is 1. The number of rotatable bonds is 4. The standard InChI is InChI=1S/C19H21N3O3/c23-19(16-1-2-17-15(12-16)4-8-25-17)21-13-14-3-5-20-18(11-14)22-6-9-24-10-7-22/h1-3,5,11-12H,4,6-10,13H2,(H,21,23). The molecule has 2 aliphatic heterocycles. The first-order valence-electron chi connectivity index (χ1n) is 8.61. The number of hydrogen-bond acceptors (Lipinski definition) is 5. The van der Waals surface area contributed by atoms with Crippen molar-refractivity contribution in [2.45, 2.75) is 13.0 Å². The monoisotopic (exact) mass is 339 g/mol. The molecule has 1 aromatic heterocycles. The number of nitrogens with one attached hydrogen (secondary N) is 1. The average molecular weight is 339 g/mol. The third-order valence-corrected chi connectivity index (χ3v) is 4.55. The Morgan fingerprint density at radius 2 is 2.04 bits per heavy atom. The van der Waals surface area contributed by atoms with Crippen molar-refractivity contribution in [2.24, 2.45) is 0 Å². The number of amides is 1. The maximum Gasteiger partial charge on any atom is 0.251 e. The molecule has 2 aliphatic rings. The zero-order valence-corrected chi connectivity index (χ0v) is 14.0. The van der Waals surface area contributed by atoms with Crippen LogP contribution in [0, 0.1) is 0 Å². The second-order valence-electron chi connectivity index (χ2n) is 6.23. The van der Waals surface area contributed by atoms with Gasteiger partial charge in [-0.2, -0.15) is 0 Å².